The summed E-state index contributed by atoms with van der Waals surface area (Å²) in [6, 6.07) is 3.60. The molecule has 244 valence electrons. The Balaban J connectivity index is 2.02. The number of carbonyl (C=O) groups excluding carboxylic acids is 3. The number of esters is 1. The highest BCUT2D eigenvalue weighted by molar-refractivity contribution is 6.21. The number of allylic oxidation sites excluding steroid dienone is 8. The van der Waals surface area contributed by atoms with Crippen molar-refractivity contribution >= 4 is 17.5 Å². The van der Waals surface area contributed by atoms with Gasteiger partial charge in [0.2, 0.25) is 11.5 Å². The third-order valence-corrected chi connectivity index (χ3v) is 10.6. The maximum atomic E-state index is 15.3. The van der Waals surface area contributed by atoms with Gasteiger partial charge in [-0.25, -0.2) is 4.79 Å². The van der Waals surface area contributed by atoms with Crippen LogP contribution in [-0.4, -0.2) is 33.3 Å². The largest absolute Gasteiger partial charge is 0.504 e. The van der Waals surface area contributed by atoms with Gasteiger partial charge in [0.25, 0.3) is 0 Å². The van der Waals surface area contributed by atoms with Gasteiger partial charge in [-0.15, -0.1) is 0 Å². The molecular weight excluding hydrogens is 568 g/mol. The van der Waals surface area contributed by atoms with Crippen molar-refractivity contribution in [3.8, 4) is 11.5 Å². The number of aromatic hydroxyl groups is 2. The standard InChI is InChI=1S/C38H50O7/c1-22(2)11-14-26-20-37-21-27(15-12-23(3)4)36(9,10)45-32(37)30(44-33(42)25-13-16-28(39)29(40)19-25)31(41)38(34(37)43,35(26,7)8)18-17-24(5)6/h11-13,16-17,19,26-27,39-40H,14-15,18,20-21H2,1-10H3/t26-,27+,37?,38?/m0/s1. The van der Waals surface area contributed by atoms with E-state index in [0.717, 1.165) is 11.6 Å². The summed E-state index contributed by atoms with van der Waals surface area (Å²) in [6.45, 7) is 20.0. The fourth-order valence-electron chi connectivity index (χ4n) is 7.55. The summed E-state index contributed by atoms with van der Waals surface area (Å²) < 4.78 is 12.8. The van der Waals surface area contributed by atoms with Crippen molar-refractivity contribution in [2.75, 3.05) is 0 Å². The van der Waals surface area contributed by atoms with Crippen LogP contribution in [-0.2, 0) is 19.1 Å². The van der Waals surface area contributed by atoms with Gasteiger partial charge in [-0.05, 0) is 117 Å². The molecule has 4 rings (SSSR count). The molecule has 0 aromatic heterocycles. The molecule has 45 heavy (non-hydrogen) atoms. The second-order valence-electron chi connectivity index (χ2n) is 15.1. The molecule has 7 nitrogen and oxygen atoms in total. The molecule has 3 aliphatic rings. The van der Waals surface area contributed by atoms with Crippen LogP contribution in [0.5, 0.6) is 11.5 Å². The van der Waals surface area contributed by atoms with E-state index in [-0.39, 0.29) is 46.9 Å². The third kappa shape index (κ3) is 5.79. The topological polar surface area (TPSA) is 110 Å². The monoisotopic (exact) mass is 618 g/mol. The normalized spacial score (nSPS) is 28.0. The number of hydrogen-bond donors (Lipinski definition) is 2. The van der Waals surface area contributed by atoms with Gasteiger partial charge in [0.15, 0.2) is 23.0 Å². The van der Waals surface area contributed by atoms with E-state index < -0.39 is 39.3 Å². The fourth-order valence-corrected chi connectivity index (χ4v) is 7.55. The van der Waals surface area contributed by atoms with Gasteiger partial charge in [0.05, 0.1) is 11.0 Å². The quantitative estimate of drug-likeness (QED) is 0.130. The average molecular weight is 619 g/mol. The molecule has 0 radical (unpaired) electrons. The smallest absolute Gasteiger partial charge is 0.343 e. The number of carbonyl (C=O) groups is 3. The number of phenols is 2. The molecular formula is C38H50O7. The number of ether oxygens (including phenoxy) is 2. The molecule has 1 heterocycles. The third-order valence-electron chi connectivity index (χ3n) is 10.6. The number of hydrogen-bond acceptors (Lipinski definition) is 7. The van der Waals surface area contributed by atoms with Crippen molar-refractivity contribution in [1.82, 2.24) is 0 Å². The summed E-state index contributed by atoms with van der Waals surface area (Å²) in [6.07, 6.45) is 8.82. The summed E-state index contributed by atoms with van der Waals surface area (Å²) in [7, 11) is 0. The van der Waals surface area contributed by atoms with Crippen LogP contribution in [0, 0.1) is 28.1 Å². The van der Waals surface area contributed by atoms with Crippen LogP contribution in [0.2, 0.25) is 0 Å². The van der Waals surface area contributed by atoms with E-state index in [9.17, 15) is 15.0 Å². The lowest BCUT2D eigenvalue weighted by molar-refractivity contribution is -0.192. The fraction of sp³-hybridized carbons (Fsp3) is 0.553. The lowest BCUT2D eigenvalue weighted by Gasteiger charge is -2.63. The van der Waals surface area contributed by atoms with Gasteiger partial charge < -0.3 is 19.7 Å². The number of phenolic OH excluding ortho intramolecular Hbond substituents is 2. The van der Waals surface area contributed by atoms with E-state index in [2.05, 4.69) is 26.0 Å². The molecule has 1 spiro atoms. The molecule has 1 saturated heterocycles. The van der Waals surface area contributed by atoms with Gasteiger partial charge in [0, 0.05) is 5.92 Å². The summed E-state index contributed by atoms with van der Waals surface area (Å²) in [5.74, 6) is -2.58. The number of ketones is 2. The minimum atomic E-state index is -1.50. The molecule has 2 aliphatic carbocycles. The van der Waals surface area contributed by atoms with Gasteiger partial charge in [-0.1, -0.05) is 48.8 Å². The number of rotatable bonds is 8. The van der Waals surface area contributed by atoms with Crippen LogP contribution in [0.25, 0.3) is 0 Å². The lowest BCUT2D eigenvalue weighted by Crippen LogP contribution is -2.69. The molecule has 2 unspecified atom stereocenters. The van der Waals surface area contributed by atoms with Crippen molar-refractivity contribution in [1.29, 1.82) is 0 Å². The van der Waals surface area contributed by atoms with Gasteiger partial charge >= 0.3 is 5.97 Å². The van der Waals surface area contributed by atoms with E-state index in [1.165, 1.54) is 23.3 Å². The highest BCUT2D eigenvalue weighted by Crippen LogP contribution is 2.69. The molecule has 1 saturated carbocycles. The van der Waals surface area contributed by atoms with Gasteiger partial charge in [-0.3, -0.25) is 9.59 Å². The van der Waals surface area contributed by atoms with E-state index in [4.69, 9.17) is 9.47 Å². The van der Waals surface area contributed by atoms with Crippen LogP contribution in [0.15, 0.2) is 64.7 Å². The molecule has 1 aromatic rings. The lowest BCUT2D eigenvalue weighted by atomic mass is 9.39. The maximum Gasteiger partial charge on any atom is 0.343 e. The SMILES string of the molecule is CC(C)=CC[C@@H]1CC23C[C@H](CC=C(C)C)C(C)(C)C(CC=C(C)C)(C(=O)C(OC(=O)c4ccc(O)c(O)c4)=C2OC1(C)C)C3=O. The van der Waals surface area contributed by atoms with Crippen molar-refractivity contribution in [2.45, 2.75) is 107 Å². The van der Waals surface area contributed by atoms with Crippen LogP contribution >= 0.6 is 0 Å². The molecule has 2 N–H and O–H groups in total. The Bertz CT molecular complexity index is 1520. The van der Waals surface area contributed by atoms with E-state index in [0.29, 0.717) is 25.7 Å². The Hall–Kier alpha value is -3.61. The minimum Gasteiger partial charge on any atom is -0.504 e. The van der Waals surface area contributed by atoms with Crippen LogP contribution in [0.1, 0.15) is 112 Å². The predicted octanol–water partition coefficient (Wildman–Crippen LogP) is 8.52. The first-order valence-electron chi connectivity index (χ1n) is 16.0. The molecule has 2 bridgehead atoms. The van der Waals surface area contributed by atoms with Crippen LogP contribution < -0.4 is 0 Å². The molecule has 2 fully saturated rings. The molecule has 1 aromatic carbocycles. The molecule has 1 aliphatic heterocycles. The van der Waals surface area contributed by atoms with Crippen molar-refractivity contribution in [2.24, 2.45) is 28.1 Å². The van der Waals surface area contributed by atoms with Crippen molar-refractivity contribution in [3.05, 3.63) is 70.2 Å². The first kappa shape index (κ1) is 34.3. The summed E-state index contributed by atoms with van der Waals surface area (Å²) in [5, 5.41) is 19.9. The Morgan fingerprint density at radius 3 is 1.98 bits per heavy atom. The second kappa shape index (κ2) is 12.0. The van der Waals surface area contributed by atoms with E-state index >= 15 is 9.59 Å². The Kier molecular flexibility index (Phi) is 9.11. The highest BCUT2D eigenvalue weighted by Gasteiger charge is 2.74. The zero-order valence-corrected chi connectivity index (χ0v) is 28.6. The first-order valence-corrected chi connectivity index (χ1v) is 16.0. The number of Topliss-reactive ketones (excluding diaryl/α,β-unsaturated/α-hetero) is 2. The molecule has 0 amide bonds. The minimum absolute atomic E-state index is 0.0326. The van der Waals surface area contributed by atoms with Crippen molar-refractivity contribution in [3.63, 3.8) is 0 Å². The van der Waals surface area contributed by atoms with Crippen LogP contribution in [0.4, 0.5) is 0 Å². The van der Waals surface area contributed by atoms with Crippen molar-refractivity contribution < 1.29 is 34.1 Å². The molecule has 7 heteroatoms. The van der Waals surface area contributed by atoms with E-state index in [1.807, 2.05) is 61.5 Å². The summed E-state index contributed by atoms with van der Waals surface area (Å²) in [5.41, 5.74) is -0.928. The number of benzene rings is 1. The Morgan fingerprint density at radius 2 is 1.42 bits per heavy atom. The average Bonchev–Trinajstić information content (AvgIpc) is 2.93. The predicted molar refractivity (Wildman–Crippen MR) is 174 cm³/mol. The summed E-state index contributed by atoms with van der Waals surface area (Å²) in [4.78, 5) is 43.9. The zero-order valence-electron chi connectivity index (χ0n) is 28.6. The van der Waals surface area contributed by atoms with Gasteiger partial charge in [0.1, 0.15) is 11.0 Å². The summed E-state index contributed by atoms with van der Waals surface area (Å²) >= 11 is 0. The highest BCUT2D eigenvalue weighted by atomic mass is 16.6. The molecule has 4 atom stereocenters. The zero-order chi connectivity index (χ0) is 33.7. The number of fused-ring (bicyclic) bond motifs is 1. The first-order chi connectivity index (χ1) is 20.8. The van der Waals surface area contributed by atoms with E-state index in [1.54, 1.807) is 0 Å². The Morgan fingerprint density at radius 1 is 0.867 bits per heavy atom. The second-order valence-corrected chi connectivity index (χ2v) is 15.1. The maximum absolute atomic E-state index is 15.3. The Labute approximate surface area is 268 Å². The van der Waals surface area contributed by atoms with Gasteiger partial charge in [-0.2, -0.15) is 0 Å². The van der Waals surface area contributed by atoms with Crippen LogP contribution in [0.3, 0.4) is 0 Å².